The van der Waals surface area contributed by atoms with E-state index in [1.54, 1.807) is 6.26 Å². The Balaban J connectivity index is 1.43. The summed E-state index contributed by atoms with van der Waals surface area (Å²) in [5.41, 5.74) is 0. The van der Waals surface area contributed by atoms with Crippen LogP contribution in [0, 0.1) is 0 Å². The maximum Gasteiger partial charge on any atom is 0.241 e. The van der Waals surface area contributed by atoms with Crippen molar-refractivity contribution in [3.8, 4) is 11.6 Å². The lowest BCUT2D eigenvalue weighted by Gasteiger charge is -2.23. The van der Waals surface area contributed by atoms with E-state index in [2.05, 4.69) is 20.4 Å². The van der Waals surface area contributed by atoms with Gasteiger partial charge in [-0.2, -0.15) is 4.98 Å². The van der Waals surface area contributed by atoms with Gasteiger partial charge in [-0.15, -0.1) is 0 Å². The van der Waals surface area contributed by atoms with Crippen LogP contribution in [0.5, 0.6) is 0 Å². The summed E-state index contributed by atoms with van der Waals surface area (Å²) in [6.45, 7) is 2.95. The first kappa shape index (κ1) is 13.0. The van der Waals surface area contributed by atoms with Crippen molar-refractivity contribution in [2.45, 2.75) is 44.3 Å². The minimum atomic E-state index is 0.532. The van der Waals surface area contributed by atoms with E-state index in [0.29, 0.717) is 29.6 Å². The van der Waals surface area contributed by atoms with E-state index in [4.69, 9.17) is 8.94 Å². The van der Waals surface area contributed by atoms with E-state index in [9.17, 15) is 0 Å². The fourth-order valence-electron chi connectivity index (χ4n) is 2.98. The molecule has 0 spiro atoms. The fraction of sp³-hybridized carbons (Fsp3) is 0.600. The highest BCUT2D eigenvalue weighted by molar-refractivity contribution is 5.44. The number of hydrogen-bond acceptors (Lipinski definition) is 6. The van der Waals surface area contributed by atoms with Crippen molar-refractivity contribution in [1.82, 2.24) is 20.4 Å². The predicted molar refractivity (Wildman–Crippen MR) is 76.5 cm³/mol. The van der Waals surface area contributed by atoms with Crippen LogP contribution < -0.4 is 5.32 Å². The molecule has 1 saturated carbocycles. The molecule has 6 heteroatoms. The summed E-state index contributed by atoms with van der Waals surface area (Å²) >= 11 is 0. The topological polar surface area (TPSA) is 67.3 Å². The van der Waals surface area contributed by atoms with Gasteiger partial charge < -0.3 is 14.3 Å². The molecule has 2 fully saturated rings. The molecule has 1 N–H and O–H groups in total. The highest BCUT2D eigenvalue weighted by Gasteiger charge is 2.32. The van der Waals surface area contributed by atoms with Gasteiger partial charge in [0, 0.05) is 18.6 Å². The van der Waals surface area contributed by atoms with Crippen LogP contribution in [0.2, 0.25) is 0 Å². The Hall–Kier alpha value is -1.66. The predicted octanol–water partition coefficient (Wildman–Crippen LogP) is 2.05. The number of hydrogen-bond donors (Lipinski definition) is 1. The molecule has 2 aromatic heterocycles. The molecule has 1 aliphatic carbocycles. The van der Waals surface area contributed by atoms with Gasteiger partial charge in [-0.1, -0.05) is 5.16 Å². The normalized spacial score (nSPS) is 22.2. The number of nitrogens with zero attached hydrogens (tertiary/aromatic N) is 3. The number of furan rings is 1. The van der Waals surface area contributed by atoms with Gasteiger partial charge >= 0.3 is 0 Å². The quantitative estimate of drug-likeness (QED) is 0.877. The van der Waals surface area contributed by atoms with Crippen molar-refractivity contribution in [2.75, 3.05) is 13.1 Å². The van der Waals surface area contributed by atoms with Crippen molar-refractivity contribution < 1.29 is 8.94 Å². The zero-order chi connectivity index (χ0) is 14.1. The molecular weight excluding hydrogens is 268 g/mol. The lowest BCUT2D eigenvalue weighted by molar-refractivity contribution is 0.201. The zero-order valence-electron chi connectivity index (χ0n) is 12.0. The van der Waals surface area contributed by atoms with Crippen LogP contribution in [-0.4, -0.2) is 40.2 Å². The molecule has 1 atom stereocenters. The standard InChI is InChI=1S/C15H20N4O2/c1-3-11(16-7-1)9-19(12-5-6-12)10-14-17-15(18-21-14)13-4-2-8-20-13/h2,4,8,11-12,16H,1,3,5-7,9-10H2. The Morgan fingerprint density at radius 1 is 1.33 bits per heavy atom. The summed E-state index contributed by atoms with van der Waals surface area (Å²) in [6, 6.07) is 4.97. The van der Waals surface area contributed by atoms with Gasteiger partial charge in [-0.05, 0) is 44.4 Å². The first-order valence-electron chi connectivity index (χ1n) is 7.72. The Morgan fingerprint density at radius 3 is 3.00 bits per heavy atom. The second-order valence-electron chi connectivity index (χ2n) is 5.94. The van der Waals surface area contributed by atoms with Gasteiger partial charge in [0.25, 0.3) is 0 Å². The van der Waals surface area contributed by atoms with Gasteiger partial charge in [-0.25, -0.2) is 0 Å². The molecule has 112 valence electrons. The lowest BCUT2D eigenvalue weighted by atomic mass is 10.2. The van der Waals surface area contributed by atoms with Crippen LogP contribution in [0.4, 0.5) is 0 Å². The largest absolute Gasteiger partial charge is 0.461 e. The van der Waals surface area contributed by atoms with Crippen LogP contribution in [0.15, 0.2) is 27.3 Å². The third-order valence-electron chi connectivity index (χ3n) is 4.23. The molecular formula is C15H20N4O2. The highest BCUT2D eigenvalue weighted by Crippen LogP contribution is 2.29. The van der Waals surface area contributed by atoms with E-state index in [0.717, 1.165) is 19.6 Å². The molecule has 3 heterocycles. The maximum atomic E-state index is 5.38. The summed E-state index contributed by atoms with van der Waals surface area (Å²) in [7, 11) is 0. The van der Waals surface area contributed by atoms with Crippen LogP contribution >= 0.6 is 0 Å². The SMILES string of the molecule is c1coc(-c2noc(CN(CC3CCCN3)C3CC3)n2)c1. The summed E-state index contributed by atoms with van der Waals surface area (Å²) < 4.78 is 10.7. The fourth-order valence-corrected chi connectivity index (χ4v) is 2.98. The molecule has 1 aliphatic heterocycles. The number of nitrogens with one attached hydrogen (secondary N) is 1. The Bertz CT molecular complexity index is 570. The summed E-state index contributed by atoms with van der Waals surface area (Å²) in [5.74, 6) is 1.86. The average Bonchev–Trinajstić information content (AvgIpc) is 2.93. The average molecular weight is 288 g/mol. The molecule has 2 aliphatic rings. The Kier molecular flexibility index (Phi) is 3.48. The van der Waals surface area contributed by atoms with Crippen LogP contribution in [0.25, 0.3) is 11.6 Å². The van der Waals surface area contributed by atoms with E-state index >= 15 is 0 Å². The van der Waals surface area contributed by atoms with Crippen LogP contribution in [0.1, 0.15) is 31.6 Å². The summed E-state index contributed by atoms with van der Waals surface area (Å²) in [5, 5.41) is 7.56. The van der Waals surface area contributed by atoms with E-state index in [1.165, 1.54) is 25.7 Å². The smallest absolute Gasteiger partial charge is 0.241 e. The van der Waals surface area contributed by atoms with Gasteiger partial charge in [0.1, 0.15) is 0 Å². The van der Waals surface area contributed by atoms with Crippen molar-refractivity contribution in [2.24, 2.45) is 0 Å². The first-order chi connectivity index (χ1) is 10.4. The molecule has 6 nitrogen and oxygen atoms in total. The van der Waals surface area contributed by atoms with Gasteiger partial charge in [0.05, 0.1) is 12.8 Å². The van der Waals surface area contributed by atoms with Gasteiger partial charge in [0.15, 0.2) is 5.76 Å². The van der Waals surface area contributed by atoms with Gasteiger partial charge in [0.2, 0.25) is 11.7 Å². The van der Waals surface area contributed by atoms with Crippen molar-refractivity contribution in [3.63, 3.8) is 0 Å². The first-order valence-corrected chi connectivity index (χ1v) is 7.72. The van der Waals surface area contributed by atoms with Crippen LogP contribution in [0.3, 0.4) is 0 Å². The van der Waals surface area contributed by atoms with E-state index in [-0.39, 0.29) is 0 Å². The molecule has 0 amide bonds. The lowest BCUT2D eigenvalue weighted by Crippen LogP contribution is -2.38. The Labute approximate surface area is 123 Å². The molecule has 1 saturated heterocycles. The third kappa shape index (κ3) is 3.01. The van der Waals surface area contributed by atoms with Crippen molar-refractivity contribution in [1.29, 1.82) is 0 Å². The third-order valence-corrected chi connectivity index (χ3v) is 4.23. The molecule has 0 radical (unpaired) electrons. The molecule has 1 unspecified atom stereocenters. The minimum absolute atomic E-state index is 0.532. The second-order valence-corrected chi connectivity index (χ2v) is 5.94. The molecule has 21 heavy (non-hydrogen) atoms. The monoisotopic (exact) mass is 288 g/mol. The second kappa shape index (κ2) is 5.61. The van der Waals surface area contributed by atoms with Crippen molar-refractivity contribution in [3.05, 3.63) is 24.3 Å². The molecule has 2 aromatic rings. The number of aromatic nitrogens is 2. The Morgan fingerprint density at radius 2 is 2.29 bits per heavy atom. The van der Waals surface area contributed by atoms with E-state index in [1.807, 2.05) is 12.1 Å². The van der Waals surface area contributed by atoms with Gasteiger partial charge in [-0.3, -0.25) is 4.90 Å². The maximum absolute atomic E-state index is 5.38. The van der Waals surface area contributed by atoms with Crippen LogP contribution in [-0.2, 0) is 6.54 Å². The zero-order valence-corrected chi connectivity index (χ0v) is 12.0. The highest BCUT2D eigenvalue weighted by atomic mass is 16.5. The molecule has 0 aromatic carbocycles. The summed E-state index contributed by atoms with van der Waals surface area (Å²) in [4.78, 5) is 6.92. The number of rotatable bonds is 6. The van der Waals surface area contributed by atoms with E-state index < -0.39 is 0 Å². The van der Waals surface area contributed by atoms with Crippen molar-refractivity contribution >= 4 is 0 Å². The molecule has 4 rings (SSSR count). The molecule has 0 bridgehead atoms. The minimum Gasteiger partial charge on any atom is -0.461 e. The summed E-state index contributed by atoms with van der Waals surface area (Å²) in [6.07, 6.45) is 6.74.